The molecular formula is C21H28N2O2S2. The minimum atomic E-state index is -0.474. The number of carbonyl (C=O) groups excluding carboxylic acids is 1. The van der Waals surface area contributed by atoms with Crippen LogP contribution in [0.4, 0.5) is 0 Å². The van der Waals surface area contributed by atoms with Crippen molar-refractivity contribution in [1.82, 2.24) is 9.88 Å². The van der Waals surface area contributed by atoms with Crippen molar-refractivity contribution in [2.24, 2.45) is 5.41 Å². The maximum atomic E-state index is 13.4. The average molecular weight is 405 g/mol. The van der Waals surface area contributed by atoms with Crippen LogP contribution in [0.1, 0.15) is 38.7 Å². The third kappa shape index (κ3) is 3.87. The van der Waals surface area contributed by atoms with Gasteiger partial charge in [-0.15, -0.1) is 0 Å². The van der Waals surface area contributed by atoms with E-state index in [1.54, 1.807) is 0 Å². The van der Waals surface area contributed by atoms with Gasteiger partial charge in [0.2, 0.25) is 10.3 Å². The van der Waals surface area contributed by atoms with Crippen molar-refractivity contribution in [3.63, 3.8) is 0 Å². The number of H-pyrrole nitrogens is 1. The van der Waals surface area contributed by atoms with Crippen molar-refractivity contribution in [3.05, 3.63) is 36.0 Å². The Bertz CT molecular complexity index is 813. The first kappa shape index (κ1) is 20.2. The Morgan fingerprint density at radius 3 is 2.81 bits per heavy atom. The Kier molecular flexibility index (Phi) is 6.48. The smallest absolute Gasteiger partial charge is 0.232 e. The number of fused-ring (bicyclic) bond motifs is 1. The standard InChI is InChI=1S/C21H28N2O2S2/c1-4-21(5-2)18(25-20(26)27-3)11-13-23(19(21)24)12-10-15-14-22-17-9-7-6-8-16(15)17/h6-9,14,18,22H,4-5,10-13H2,1-3H3. The number of amides is 1. The second-order valence-electron chi connectivity index (χ2n) is 7.11. The number of carbonyl (C=O) groups is 1. The molecule has 1 saturated heterocycles. The summed E-state index contributed by atoms with van der Waals surface area (Å²) >= 11 is 6.70. The van der Waals surface area contributed by atoms with E-state index in [0.717, 1.165) is 44.3 Å². The fourth-order valence-electron chi connectivity index (χ4n) is 4.25. The number of thiocarbonyl (C=S) groups is 1. The van der Waals surface area contributed by atoms with Gasteiger partial charge >= 0.3 is 0 Å². The molecule has 0 spiro atoms. The summed E-state index contributed by atoms with van der Waals surface area (Å²) in [6, 6.07) is 8.31. The Morgan fingerprint density at radius 2 is 2.11 bits per heavy atom. The lowest BCUT2D eigenvalue weighted by molar-refractivity contribution is -0.156. The topological polar surface area (TPSA) is 45.3 Å². The highest BCUT2D eigenvalue weighted by atomic mass is 32.2. The highest BCUT2D eigenvalue weighted by molar-refractivity contribution is 8.22. The molecule has 1 atom stereocenters. The molecule has 6 heteroatoms. The highest BCUT2D eigenvalue weighted by Gasteiger charge is 2.49. The first-order valence-corrected chi connectivity index (χ1v) is 11.3. The van der Waals surface area contributed by atoms with E-state index in [2.05, 4.69) is 43.2 Å². The number of nitrogens with one attached hydrogen (secondary N) is 1. The molecule has 2 aromatic rings. The van der Waals surface area contributed by atoms with Gasteiger partial charge in [-0.25, -0.2) is 0 Å². The van der Waals surface area contributed by atoms with E-state index in [0.29, 0.717) is 4.38 Å². The molecule has 3 rings (SSSR count). The number of likely N-dealkylation sites (tertiary alicyclic amines) is 1. The third-order valence-corrected chi connectivity index (χ3v) is 7.01. The quantitative estimate of drug-likeness (QED) is 0.704. The van der Waals surface area contributed by atoms with Crippen LogP contribution in [0.5, 0.6) is 0 Å². The molecular weight excluding hydrogens is 376 g/mol. The van der Waals surface area contributed by atoms with E-state index < -0.39 is 5.41 Å². The van der Waals surface area contributed by atoms with Gasteiger partial charge in [-0.1, -0.05) is 43.8 Å². The minimum Gasteiger partial charge on any atom is -0.474 e. The van der Waals surface area contributed by atoms with Gasteiger partial charge in [0.25, 0.3) is 0 Å². The Balaban J connectivity index is 1.74. The van der Waals surface area contributed by atoms with Crippen molar-refractivity contribution >= 4 is 45.2 Å². The maximum Gasteiger partial charge on any atom is 0.232 e. The third-order valence-electron chi connectivity index (χ3n) is 5.98. The molecule has 1 fully saturated rings. The summed E-state index contributed by atoms with van der Waals surface area (Å²) < 4.78 is 6.54. The van der Waals surface area contributed by atoms with Crippen LogP contribution < -0.4 is 0 Å². The molecule has 4 nitrogen and oxygen atoms in total. The molecule has 1 aliphatic heterocycles. The molecule has 146 valence electrons. The number of aromatic nitrogens is 1. The Morgan fingerprint density at radius 1 is 1.37 bits per heavy atom. The van der Waals surface area contributed by atoms with E-state index in [-0.39, 0.29) is 12.0 Å². The lowest BCUT2D eigenvalue weighted by Crippen LogP contribution is -2.57. The van der Waals surface area contributed by atoms with Crippen molar-refractivity contribution in [3.8, 4) is 0 Å². The molecule has 27 heavy (non-hydrogen) atoms. The number of hydrogen-bond acceptors (Lipinski definition) is 4. The molecule has 1 aliphatic rings. The molecule has 1 unspecified atom stereocenters. The molecule has 1 N–H and O–H groups in total. The van der Waals surface area contributed by atoms with Gasteiger partial charge in [0.1, 0.15) is 6.10 Å². The summed E-state index contributed by atoms with van der Waals surface area (Å²) in [6.45, 7) is 5.64. The summed E-state index contributed by atoms with van der Waals surface area (Å²) in [4.78, 5) is 18.7. The molecule has 0 saturated carbocycles. The lowest BCUT2D eigenvalue weighted by Gasteiger charge is -2.46. The summed E-state index contributed by atoms with van der Waals surface area (Å²) in [5.74, 6) is 0.215. The number of nitrogens with zero attached hydrogens (tertiary/aromatic N) is 1. The summed E-state index contributed by atoms with van der Waals surface area (Å²) in [5, 5.41) is 1.24. The minimum absolute atomic E-state index is 0.121. The Hall–Kier alpha value is -1.53. The van der Waals surface area contributed by atoms with Gasteiger partial charge in [-0.3, -0.25) is 4.79 Å². The molecule has 0 radical (unpaired) electrons. The second-order valence-corrected chi connectivity index (χ2v) is 8.52. The average Bonchev–Trinajstić information content (AvgIpc) is 3.11. The van der Waals surface area contributed by atoms with Crippen LogP contribution in [0.25, 0.3) is 10.9 Å². The van der Waals surface area contributed by atoms with Crippen molar-refractivity contribution in [2.45, 2.75) is 45.6 Å². The molecule has 1 aromatic heterocycles. The fraction of sp³-hybridized carbons (Fsp3) is 0.524. The monoisotopic (exact) mass is 404 g/mol. The van der Waals surface area contributed by atoms with Crippen molar-refractivity contribution in [2.75, 3.05) is 19.3 Å². The van der Waals surface area contributed by atoms with E-state index in [9.17, 15) is 4.79 Å². The van der Waals surface area contributed by atoms with Crippen LogP contribution in [0.15, 0.2) is 30.5 Å². The van der Waals surface area contributed by atoms with Gasteiger partial charge in [-0.2, -0.15) is 0 Å². The summed E-state index contributed by atoms with van der Waals surface area (Å²) in [5.41, 5.74) is 1.94. The SMILES string of the molecule is CCC1(CC)C(=O)N(CCc2c[nH]c3ccccc23)CCC1OC(=S)SC. The summed E-state index contributed by atoms with van der Waals surface area (Å²) in [6.07, 6.45) is 7.09. The highest BCUT2D eigenvalue weighted by Crippen LogP contribution is 2.40. The van der Waals surface area contributed by atoms with E-state index >= 15 is 0 Å². The first-order valence-electron chi connectivity index (χ1n) is 9.64. The molecule has 0 aliphatic carbocycles. The van der Waals surface area contributed by atoms with E-state index in [1.807, 2.05) is 17.2 Å². The number of thioether (sulfide) groups is 1. The van der Waals surface area contributed by atoms with Crippen LogP contribution in [-0.4, -0.2) is 45.6 Å². The van der Waals surface area contributed by atoms with Crippen LogP contribution in [0.2, 0.25) is 0 Å². The number of rotatable bonds is 6. The number of ether oxygens (including phenoxy) is 1. The molecule has 0 bridgehead atoms. The zero-order valence-electron chi connectivity index (χ0n) is 16.3. The van der Waals surface area contributed by atoms with Crippen LogP contribution in [-0.2, 0) is 16.0 Å². The number of para-hydroxylation sites is 1. The van der Waals surface area contributed by atoms with Gasteiger partial charge in [0, 0.05) is 36.6 Å². The first-order chi connectivity index (χ1) is 13.1. The molecule has 1 aromatic carbocycles. The Labute approximate surface area is 171 Å². The largest absolute Gasteiger partial charge is 0.474 e. The van der Waals surface area contributed by atoms with Crippen molar-refractivity contribution in [1.29, 1.82) is 0 Å². The normalized spacial score (nSPS) is 19.4. The number of hydrogen-bond donors (Lipinski definition) is 1. The fourth-order valence-corrected chi connectivity index (χ4v) is 4.58. The predicted molar refractivity (Wildman–Crippen MR) is 117 cm³/mol. The molecule has 1 amide bonds. The van der Waals surface area contributed by atoms with Crippen LogP contribution >= 0.6 is 24.0 Å². The number of aromatic amines is 1. The van der Waals surface area contributed by atoms with Gasteiger partial charge in [-0.05, 0) is 49.4 Å². The van der Waals surface area contributed by atoms with Gasteiger partial charge < -0.3 is 14.6 Å². The van der Waals surface area contributed by atoms with Crippen LogP contribution in [0, 0.1) is 5.41 Å². The van der Waals surface area contributed by atoms with Crippen LogP contribution in [0.3, 0.4) is 0 Å². The number of benzene rings is 1. The molecule has 2 heterocycles. The zero-order chi connectivity index (χ0) is 19.4. The second kappa shape index (κ2) is 8.65. The predicted octanol–water partition coefficient (Wildman–Crippen LogP) is 4.78. The van der Waals surface area contributed by atoms with E-state index in [4.69, 9.17) is 17.0 Å². The van der Waals surface area contributed by atoms with Gasteiger partial charge in [0.15, 0.2) is 0 Å². The van der Waals surface area contributed by atoms with Gasteiger partial charge in [0.05, 0.1) is 5.41 Å². The zero-order valence-corrected chi connectivity index (χ0v) is 17.9. The van der Waals surface area contributed by atoms with E-state index in [1.165, 1.54) is 22.7 Å². The maximum absolute atomic E-state index is 13.4. The lowest BCUT2D eigenvalue weighted by atomic mass is 9.72. The number of piperidine rings is 1. The van der Waals surface area contributed by atoms with Crippen molar-refractivity contribution < 1.29 is 9.53 Å². The summed E-state index contributed by atoms with van der Waals surface area (Å²) in [7, 11) is 0.